The number of aromatic nitrogens is 2. The highest BCUT2D eigenvalue weighted by atomic mass is 32.2. The third-order valence-corrected chi connectivity index (χ3v) is 15.4. The molecule has 8 aromatic rings. The Balaban J connectivity index is 1.34. The zero-order valence-electron chi connectivity index (χ0n) is 34.5. The minimum Gasteiger partial charge on any atom is -0.340 e. The molecule has 0 aliphatic carbocycles. The molecule has 0 spiro atoms. The number of para-hydroxylation sites is 2. The second-order valence-corrected chi connectivity index (χ2v) is 18.7. The first kappa shape index (κ1) is 38.4. The highest BCUT2D eigenvalue weighted by molar-refractivity contribution is 7.91. The summed E-state index contributed by atoms with van der Waals surface area (Å²) in [4.78, 5) is 0.754. The fourth-order valence-corrected chi connectivity index (χ4v) is 12.2. The van der Waals surface area contributed by atoms with E-state index in [1.807, 2.05) is 36.4 Å². The van der Waals surface area contributed by atoms with E-state index in [1.165, 1.54) is 82.1 Å². The van der Waals surface area contributed by atoms with Crippen molar-refractivity contribution < 1.29 is 8.42 Å². The Bertz CT molecular complexity index is 2700. The van der Waals surface area contributed by atoms with Gasteiger partial charge in [0.1, 0.15) is 0 Å². The molecule has 0 saturated heterocycles. The van der Waals surface area contributed by atoms with Gasteiger partial charge in [0, 0.05) is 56.7 Å². The van der Waals surface area contributed by atoms with Gasteiger partial charge in [-0.05, 0) is 95.5 Å². The Kier molecular flexibility index (Phi) is 10.3. The lowest BCUT2D eigenvalue weighted by Gasteiger charge is -2.42. The molecule has 0 bridgehead atoms. The lowest BCUT2D eigenvalue weighted by atomic mass is 9.64. The van der Waals surface area contributed by atoms with Crippen LogP contribution in [0.4, 0.5) is 0 Å². The van der Waals surface area contributed by atoms with Crippen LogP contribution in [0.1, 0.15) is 101 Å². The van der Waals surface area contributed by atoms with Crippen molar-refractivity contribution >= 4 is 53.4 Å². The van der Waals surface area contributed by atoms with Gasteiger partial charge in [-0.3, -0.25) is 0 Å². The molecule has 58 heavy (non-hydrogen) atoms. The molecule has 3 heterocycles. The molecule has 2 atom stereocenters. The minimum absolute atomic E-state index is 0.377. The van der Waals surface area contributed by atoms with Crippen LogP contribution in [-0.2, 0) is 28.3 Å². The summed E-state index contributed by atoms with van der Waals surface area (Å²) in [6, 6.07) is 47.2. The number of hydrogen-bond acceptors (Lipinski definition) is 2. The Labute approximate surface area is 344 Å². The molecule has 2 aromatic heterocycles. The van der Waals surface area contributed by atoms with Gasteiger partial charge in [0.15, 0.2) is 0 Å². The highest BCUT2D eigenvalue weighted by Gasteiger charge is 2.49. The first-order valence-corrected chi connectivity index (χ1v) is 23.3. The van der Waals surface area contributed by atoms with Gasteiger partial charge in [-0.25, -0.2) is 8.42 Å². The van der Waals surface area contributed by atoms with Crippen LogP contribution in [0, 0.1) is 11.8 Å². The third kappa shape index (κ3) is 6.03. The van der Waals surface area contributed by atoms with Gasteiger partial charge in [0.05, 0.1) is 15.2 Å². The molecule has 4 nitrogen and oxygen atoms in total. The van der Waals surface area contributed by atoms with Gasteiger partial charge in [0.2, 0.25) is 9.84 Å². The van der Waals surface area contributed by atoms with Crippen LogP contribution in [0.5, 0.6) is 0 Å². The first-order chi connectivity index (χ1) is 28.4. The molecule has 0 saturated carbocycles. The van der Waals surface area contributed by atoms with E-state index in [9.17, 15) is 8.42 Å². The first-order valence-electron chi connectivity index (χ1n) is 21.8. The lowest BCUT2D eigenvalue weighted by Crippen LogP contribution is -2.37. The maximum absolute atomic E-state index is 14.6. The SMILES string of the molecule is CCCCC(CC)Cn1c2ccccc2c2cc(C3(c4ccc5c(c4)c4ccccc4n5CC(CC)CCCC)c4ccccc4S(=O)(=O)c4ccccc43)ccc21. The molecule has 5 heteroatoms. The van der Waals surface area contributed by atoms with E-state index in [4.69, 9.17) is 0 Å². The predicted octanol–water partition coefficient (Wildman–Crippen LogP) is 13.9. The molecule has 1 aliphatic heterocycles. The molecule has 296 valence electrons. The predicted molar refractivity (Wildman–Crippen MR) is 243 cm³/mol. The maximum Gasteiger partial charge on any atom is 0.207 e. The van der Waals surface area contributed by atoms with Crippen LogP contribution in [0.25, 0.3) is 43.6 Å². The number of unbranched alkanes of at least 4 members (excludes halogenated alkanes) is 2. The zero-order valence-corrected chi connectivity index (χ0v) is 35.4. The van der Waals surface area contributed by atoms with Crippen molar-refractivity contribution in [2.45, 2.75) is 107 Å². The third-order valence-electron chi connectivity index (χ3n) is 13.5. The standard InChI is InChI=1S/C53H56N2O2S/c1-5-9-19-37(7-3)35-54-47-25-15-11-21-41(47)43-33-39(29-31-49(43)54)53(45-23-13-17-27-51(45)58(56,57)52-28-18-14-24-46(52)53)40-30-32-50-44(34-40)42-22-12-16-26-48(42)55(50)36-38(8-4)20-10-6-2/h11-18,21-34,37-38H,5-10,19-20,35-36H2,1-4H3. The van der Waals surface area contributed by atoms with Gasteiger partial charge in [-0.15, -0.1) is 0 Å². The van der Waals surface area contributed by atoms with Crippen LogP contribution in [0.15, 0.2) is 143 Å². The maximum atomic E-state index is 14.6. The van der Waals surface area contributed by atoms with E-state index in [1.54, 1.807) is 0 Å². The molecule has 0 amide bonds. The van der Waals surface area contributed by atoms with E-state index < -0.39 is 15.3 Å². The monoisotopic (exact) mass is 784 g/mol. The molecule has 9 rings (SSSR count). The summed E-state index contributed by atoms with van der Waals surface area (Å²) in [5, 5.41) is 4.88. The van der Waals surface area contributed by atoms with Crippen molar-refractivity contribution in [3.8, 4) is 0 Å². The molecule has 6 aromatic carbocycles. The van der Waals surface area contributed by atoms with Crippen molar-refractivity contribution in [1.82, 2.24) is 9.13 Å². The average Bonchev–Trinajstić information content (AvgIpc) is 3.75. The Morgan fingerprint density at radius 3 is 1.31 bits per heavy atom. The van der Waals surface area contributed by atoms with Crippen molar-refractivity contribution in [3.63, 3.8) is 0 Å². The smallest absolute Gasteiger partial charge is 0.207 e. The quantitative estimate of drug-likeness (QED) is 0.110. The van der Waals surface area contributed by atoms with Crippen molar-refractivity contribution in [3.05, 3.63) is 156 Å². The summed E-state index contributed by atoms with van der Waals surface area (Å²) in [6.45, 7) is 11.2. The van der Waals surface area contributed by atoms with Crippen molar-refractivity contribution in [2.24, 2.45) is 11.8 Å². The van der Waals surface area contributed by atoms with E-state index in [0.717, 1.165) is 48.2 Å². The van der Waals surface area contributed by atoms with Gasteiger partial charge >= 0.3 is 0 Å². The van der Waals surface area contributed by atoms with Gasteiger partial charge < -0.3 is 9.13 Å². The second kappa shape index (κ2) is 15.6. The van der Waals surface area contributed by atoms with Crippen LogP contribution in [-0.4, -0.2) is 17.6 Å². The minimum atomic E-state index is -3.79. The van der Waals surface area contributed by atoms with E-state index >= 15 is 0 Å². The van der Waals surface area contributed by atoms with Crippen molar-refractivity contribution in [1.29, 1.82) is 0 Å². The summed E-state index contributed by atoms with van der Waals surface area (Å²) in [5.41, 5.74) is 7.81. The molecular weight excluding hydrogens is 729 g/mol. The number of fused-ring (bicyclic) bond motifs is 8. The fourth-order valence-electron chi connectivity index (χ4n) is 10.4. The largest absolute Gasteiger partial charge is 0.340 e. The van der Waals surface area contributed by atoms with Crippen LogP contribution in [0.2, 0.25) is 0 Å². The second-order valence-electron chi connectivity index (χ2n) is 16.8. The number of hydrogen-bond donors (Lipinski definition) is 0. The number of nitrogens with zero attached hydrogens (tertiary/aromatic N) is 2. The zero-order chi connectivity index (χ0) is 40.0. The van der Waals surface area contributed by atoms with Gasteiger partial charge in [-0.2, -0.15) is 0 Å². The molecule has 1 aliphatic rings. The summed E-state index contributed by atoms with van der Waals surface area (Å²) in [6.07, 6.45) is 9.64. The summed E-state index contributed by atoms with van der Waals surface area (Å²) in [7, 11) is -3.79. The number of rotatable bonds is 14. The average molecular weight is 785 g/mol. The fraction of sp³-hybridized carbons (Fsp3) is 0.321. The normalized spacial score (nSPS) is 15.5. The van der Waals surface area contributed by atoms with E-state index in [0.29, 0.717) is 21.6 Å². The van der Waals surface area contributed by atoms with E-state index in [-0.39, 0.29) is 0 Å². The summed E-state index contributed by atoms with van der Waals surface area (Å²) in [5.74, 6) is 1.20. The molecule has 0 radical (unpaired) electrons. The Morgan fingerprint density at radius 2 is 0.879 bits per heavy atom. The number of sulfone groups is 1. The van der Waals surface area contributed by atoms with Gasteiger partial charge in [-0.1, -0.05) is 151 Å². The van der Waals surface area contributed by atoms with Crippen molar-refractivity contribution in [2.75, 3.05) is 0 Å². The highest BCUT2D eigenvalue weighted by Crippen LogP contribution is 2.55. The summed E-state index contributed by atoms with van der Waals surface area (Å²) < 4.78 is 34.4. The van der Waals surface area contributed by atoms with Crippen LogP contribution in [0.3, 0.4) is 0 Å². The molecule has 2 unspecified atom stereocenters. The van der Waals surface area contributed by atoms with Crippen LogP contribution < -0.4 is 0 Å². The topological polar surface area (TPSA) is 44.0 Å². The lowest BCUT2D eigenvalue weighted by molar-refractivity contribution is 0.401. The summed E-state index contributed by atoms with van der Waals surface area (Å²) >= 11 is 0. The van der Waals surface area contributed by atoms with Gasteiger partial charge in [0.25, 0.3) is 0 Å². The van der Waals surface area contributed by atoms with E-state index in [2.05, 4.69) is 134 Å². The van der Waals surface area contributed by atoms with Crippen LogP contribution >= 0.6 is 0 Å². The Morgan fingerprint density at radius 1 is 0.483 bits per heavy atom. The molecule has 0 N–H and O–H groups in total. The molecule has 0 fully saturated rings. The molecular formula is C53H56N2O2S. The Hall–Kier alpha value is -5.13. The number of benzene rings is 6.